The average Bonchev–Trinajstić information content (AvgIpc) is 2.44. The molecule has 2 atom stereocenters. The number of carbonyl (C=O) groups excluding carboxylic acids is 2. The summed E-state index contributed by atoms with van der Waals surface area (Å²) in [5.41, 5.74) is 5.21. The highest BCUT2D eigenvalue weighted by Crippen LogP contribution is 2.33. The molecule has 1 aromatic carbocycles. The Morgan fingerprint density at radius 1 is 1.30 bits per heavy atom. The number of primary amides is 1. The number of ether oxygens (including phenoxy) is 2. The minimum Gasteiger partial charge on any atom is -0.493 e. The third-order valence-electron chi connectivity index (χ3n) is 2.81. The number of nitrogens with two attached hydrogens (primary N) is 1. The fraction of sp³-hybridized carbons (Fsp3) is 0.385. The third-order valence-corrected chi connectivity index (χ3v) is 2.81. The maximum atomic E-state index is 11.1. The van der Waals surface area contributed by atoms with Crippen molar-refractivity contribution in [2.45, 2.75) is 18.6 Å². The highest BCUT2D eigenvalue weighted by Gasteiger charge is 2.24. The number of rotatable bonds is 7. The molecule has 1 amide bonds. The van der Waals surface area contributed by atoms with Crippen molar-refractivity contribution < 1.29 is 29.3 Å². The molecule has 110 valence electrons. The van der Waals surface area contributed by atoms with Gasteiger partial charge in [0.25, 0.3) is 0 Å². The molecule has 2 unspecified atom stereocenters. The molecule has 0 fully saturated rings. The molecule has 0 bridgehead atoms. The van der Waals surface area contributed by atoms with Crippen LogP contribution in [0.25, 0.3) is 0 Å². The van der Waals surface area contributed by atoms with Gasteiger partial charge in [0.15, 0.2) is 17.8 Å². The van der Waals surface area contributed by atoms with E-state index in [0.717, 1.165) is 0 Å². The van der Waals surface area contributed by atoms with Crippen molar-refractivity contribution in [3.05, 3.63) is 23.3 Å². The van der Waals surface area contributed by atoms with Crippen LogP contribution < -0.4 is 15.2 Å². The summed E-state index contributed by atoms with van der Waals surface area (Å²) in [5.74, 6) is -0.155. The molecule has 4 N–H and O–H groups in total. The standard InChI is InChI=1S/C13H17NO6/c1-19-10-3-7(6-15)8(4-11(10)20-2)13(18)9(16)5-12(14)17/h3-4,6,9,13,16,18H,5H2,1-2H3,(H2,14,17). The number of aliphatic hydroxyl groups excluding tert-OH is 2. The molecule has 1 rings (SSSR count). The van der Waals surface area contributed by atoms with Gasteiger partial charge in [0.05, 0.1) is 26.7 Å². The summed E-state index contributed by atoms with van der Waals surface area (Å²) >= 11 is 0. The van der Waals surface area contributed by atoms with Crippen LogP contribution in [0.5, 0.6) is 11.5 Å². The second-order valence-electron chi connectivity index (χ2n) is 4.14. The molecule has 1 aromatic rings. The van der Waals surface area contributed by atoms with Gasteiger partial charge >= 0.3 is 0 Å². The Kier molecular flexibility index (Phi) is 5.48. The van der Waals surface area contributed by atoms with Gasteiger partial charge in [-0.05, 0) is 17.7 Å². The molecule has 0 saturated carbocycles. The summed E-state index contributed by atoms with van der Waals surface area (Å²) in [7, 11) is 2.80. The Balaban J connectivity index is 3.21. The lowest BCUT2D eigenvalue weighted by atomic mass is 9.96. The Hall–Kier alpha value is -2.12. The molecule has 0 saturated heterocycles. The van der Waals surface area contributed by atoms with E-state index in [1.54, 1.807) is 0 Å². The number of benzene rings is 1. The summed E-state index contributed by atoms with van der Waals surface area (Å²) in [6.45, 7) is 0. The van der Waals surface area contributed by atoms with Gasteiger partial charge < -0.3 is 25.4 Å². The van der Waals surface area contributed by atoms with Gasteiger partial charge in [-0.2, -0.15) is 0 Å². The van der Waals surface area contributed by atoms with Gasteiger partial charge in [0.1, 0.15) is 6.10 Å². The summed E-state index contributed by atoms with van der Waals surface area (Å²) in [5, 5.41) is 19.7. The summed E-state index contributed by atoms with van der Waals surface area (Å²) < 4.78 is 10.1. The van der Waals surface area contributed by atoms with Gasteiger partial charge in [-0.15, -0.1) is 0 Å². The van der Waals surface area contributed by atoms with Crippen LogP contribution in [-0.4, -0.2) is 42.7 Å². The highest BCUT2D eigenvalue weighted by molar-refractivity contribution is 5.80. The number of aldehydes is 1. The zero-order valence-corrected chi connectivity index (χ0v) is 11.2. The number of amides is 1. The van der Waals surface area contributed by atoms with E-state index in [4.69, 9.17) is 15.2 Å². The first-order valence-electron chi connectivity index (χ1n) is 5.80. The minimum atomic E-state index is -1.44. The number of aliphatic hydroxyl groups is 2. The maximum Gasteiger partial charge on any atom is 0.220 e. The quantitative estimate of drug-likeness (QED) is 0.595. The molecule has 0 spiro atoms. The molecule has 7 nitrogen and oxygen atoms in total. The lowest BCUT2D eigenvalue weighted by Gasteiger charge is -2.20. The van der Waals surface area contributed by atoms with Crippen molar-refractivity contribution in [2.24, 2.45) is 5.73 Å². The van der Waals surface area contributed by atoms with Gasteiger partial charge in [-0.1, -0.05) is 0 Å². The van der Waals surface area contributed by atoms with Crippen LogP contribution in [0.4, 0.5) is 0 Å². The predicted octanol–water partition coefficient (Wildman–Crippen LogP) is -0.214. The molecule has 0 radical (unpaired) electrons. The van der Waals surface area contributed by atoms with Gasteiger partial charge in [-0.3, -0.25) is 9.59 Å². The van der Waals surface area contributed by atoms with Crippen LogP contribution in [0.3, 0.4) is 0 Å². The fourth-order valence-electron chi connectivity index (χ4n) is 1.79. The van der Waals surface area contributed by atoms with E-state index in [9.17, 15) is 19.8 Å². The first-order chi connectivity index (χ1) is 9.44. The van der Waals surface area contributed by atoms with Crippen molar-refractivity contribution in [3.63, 3.8) is 0 Å². The molecule has 0 aliphatic carbocycles. The van der Waals surface area contributed by atoms with E-state index in [-0.39, 0.29) is 11.1 Å². The summed E-state index contributed by atoms with van der Waals surface area (Å²) in [4.78, 5) is 21.8. The third kappa shape index (κ3) is 3.46. The van der Waals surface area contributed by atoms with Gasteiger partial charge in [-0.25, -0.2) is 0 Å². The molecule has 20 heavy (non-hydrogen) atoms. The Morgan fingerprint density at radius 3 is 2.30 bits per heavy atom. The van der Waals surface area contributed by atoms with Crippen LogP contribution in [0.1, 0.15) is 28.4 Å². The lowest BCUT2D eigenvalue weighted by molar-refractivity contribution is -0.121. The first kappa shape index (κ1) is 15.9. The number of methoxy groups -OCH3 is 2. The molecule has 0 aromatic heterocycles. The number of hydrogen-bond acceptors (Lipinski definition) is 6. The van der Waals surface area contributed by atoms with Crippen molar-refractivity contribution >= 4 is 12.2 Å². The van der Waals surface area contributed by atoms with E-state index in [2.05, 4.69) is 0 Å². The van der Waals surface area contributed by atoms with Crippen molar-refractivity contribution in [1.82, 2.24) is 0 Å². The number of hydrogen-bond donors (Lipinski definition) is 3. The van der Waals surface area contributed by atoms with Crippen LogP contribution in [0.15, 0.2) is 12.1 Å². The SMILES string of the molecule is COc1cc(C=O)c(C(O)C(O)CC(N)=O)cc1OC. The smallest absolute Gasteiger partial charge is 0.220 e. The normalized spacial score (nSPS) is 13.4. The maximum absolute atomic E-state index is 11.1. The fourth-order valence-corrected chi connectivity index (χ4v) is 1.79. The average molecular weight is 283 g/mol. The van der Waals surface area contributed by atoms with Crippen molar-refractivity contribution in [1.29, 1.82) is 0 Å². The second-order valence-corrected chi connectivity index (χ2v) is 4.14. The lowest BCUT2D eigenvalue weighted by Crippen LogP contribution is -2.26. The van der Waals surface area contributed by atoms with Crippen LogP contribution in [0.2, 0.25) is 0 Å². The van der Waals surface area contributed by atoms with E-state index < -0.39 is 24.5 Å². The van der Waals surface area contributed by atoms with Crippen LogP contribution >= 0.6 is 0 Å². The highest BCUT2D eigenvalue weighted by atomic mass is 16.5. The zero-order valence-electron chi connectivity index (χ0n) is 11.2. The molecule has 0 aliphatic rings. The number of carbonyl (C=O) groups is 2. The van der Waals surface area contributed by atoms with Crippen molar-refractivity contribution in [2.75, 3.05) is 14.2 Å². The first-order valence-corrected chi connectivity index (χ1v) is 5.80. The summed E-state index contributed by atoms with van der Waals surface area (Å²) in [6, 6.07) is 2.75. The molecule has 0 aliphatic heterocycles. The molecular formula is C13H17NO6. The molecule has 7 heteroatoms. The van der Waals surface area contributed by atoms with E-state index in [1.165, 1.54) is 26.4 Å². The zero-order chi connectivity index (χ0) is 15.3. The van der Waals surface area contributed by atoms with Crippen molar-refractivity contribution in [3.8, 4) is 11.5 Å². The van der Waals surface area contributed by atoms with Crippen LogP contribution in [-0.2, 0) is 4.79 Å². The predicted molar refractivity (Wildman–Crippen MR) is 69.7 cm³/mol. The van der Waals surface area contributed by atoms with Gasteiger partial charge in [0, 0.05) is 5.56 Å². The Morgan fingerprint density at radius 2 is 1.85 bits per heavy atom. The van der Waals surface area contributed by atoms with E-state index in [0.29, 0.717) is 17.8 Å². The topological polar surface area (TPSA) is 119 Å². The van der Waals surface area contributed by atoms with Crippen LogP contribution in [0, 0.1) is 0 Å². The monoisotopic (exact) mass is 283 g/mol. The van der Waals surface area contributed by atoms with Gasteiger partial charge in [0.2, 0.25) is 5.91 Å². The largest absolute Gasteiger partial charge is 0.493 e. The second kappa shape index (κ2) is 6.88. The van der Waals surface area contributed by atoms with E-state index >= 15 is 0 Å². The van der Waals surface area contributed by atoms with E-state index in [1.807, 2.05) is 0 Å². The molecule has 0 heterocycles. The minimum absolute atomic E-state index is 0.124. The molecular weight excluding hydrogens is 266 g/mol. The Labute approximate surface area is 115 Å². The summed E-state index contributed by atoms with van der Waals surface area (Å²) in [6.07, 6.45) is -2.77. The Bertz CT molecular complexity index is 502.